The summed E-state index contributed by atoms with van der Waals surface area (Å²) < 4.78 is 15.5. The molecule has 0 aliphatic carbocycles. The minimum atomic E-state index is -0.647. The number of benzene rings is 1. The first-order valence-electron chi connectivity index (χ1n) is 7.86. The fraction of sp³-hybridized carbons (Fsp3) is 0.294. The predicted molar refractivity (Wildman–Crippen MR) is 96.3 cm³/mol. The molecule has 9 heteroatoms. The van der Waals surface area contributed by atoms with Crippen LogP contribution in [-0.4, -0.2) is 34.8 Å². The van der Waals surface area contributed by atoms with Crippen molar-refractivity contribution in [1.82, 2.24) is 15.1 Å². The number of aryl methyl sites for hydroxylation is 2. The van der Waals surface area contributed by atoms with E-state index in [-0.39, 0.29) is 18.1 Å². The summed E-state index contributed by atoms with van der Waals surface area (Å²) in [5.74, 6) is 0.115. The van der Waals surface area contributed by atoms with Crippen LogP contribution in [0.5, 0.6) is 5.75 Å². The predicted octanol–water partition coefficient (Wildman–Crippen LogP) is 3.82. The molecule has 1 aromatic carbocycles. The molecule has 0 saturated carbocycles. The quantitative estimate of drug-likeness (QED) is 0.671. The minimum Gasteiger partial charge on any atom is -0.495 e. The minimum absolute atomic E-state index is 0.123. The van der Waals surface area contributed by atoms with Crippen molar-refractivity contribution in [2.75, 3.05) is 19.0 Å². The highest BCUT2D eigenvalue weighted by molar-refractivity contribution is 6.31. The van der Waals surface area contributed by atoms with Crippen molar-refractivity contribution in [2.24, 2.45) is 0 Å². The zero-order chi connectivity index (χ0) is 18.8. The first-order chi connectivity index (χ1) is 12.4. The Bertz CT molecular complexity index is 987. The molecule has 1 N–H and O–H groups in total. The summed E-state index contributed by atoms with van der Waals surface area (Å²) in [7, 11) is 1.54. The molecule has 2 aromatic heterocycles. The van der Waals surface area contributed by atoms with Crippen LogP contribution in [0.3, 0.4) is 0 Å². The van der Waals surface area contributed by atoms with Crippen molar-refractivity contribution in [3.8, 4) is 5.75 Å². The number of hydrogen-bond donors (Lipinski definition) is 1. The summed E-state index contributed by atoms with van der Waals surface area (Å²) in [6.45, 7) is 5.55. The highest BCUT2D eigenvalue weighted by Crippen LogP contribution is 2.35. The number of anilines is 2. The number of esters is 1. The van der Waals surface area contributed by atoms with E-state index in [9.17, 15) is 4.79 Å². The molecule has 26 heavy (non-hydrogen) atoms. The molecule has 0 bridgehead atoms. The van der Waals surface area contributed by atoms with E-state index < -0.39 is 5.97 Å². The van der Waals surface area contributed by atoms with Gasteiger partial charge in [-0.05, 0) is 32.4 Å². The van der Waals surface area contributed by atoms with E-state index in [2.05, 4.69) is 20.4 Å². The lowest BCUT2D eigenvalue weighted by atomic mass is 10.2. The monoisotopic (exact) mass is 376 g/mol. The number of aromatic nitrogens is 3. The third-order valence-corrected chi connectivity index (χ3v) is 4.11. The van der Waals surface area contributed by atoms with E-state index in [0.717, 1.165) is 5.56 Å². The Morgan fingerprint density at radius 1 is 1.31 bits per heavy atom. The van der Waals surface area contributed by atoms with Gasteiger partial charge in [-0.3, -0.25) is 0 Å². The maximum Gasteiger partial charge on any atom is 0.376 e. The molecule has 0 saturated heterocycles. The Morgan fingerprint density at radius 3 is 2.77 bits per heavy atom. The third kappa shape index (κ3) is 3.28. The third-order valence-electron chi connectivity index (χ3n) is 3.70. The van der Waals surface area contributed by atoms with E-state index in [1.165, 1.54) is 7.11 Å². The van der Waals surface area contributed by atoms with Crippen molar-refractivity contribution in [1.29, 1.82) is 0 Å². The van der Waals surface area contributed by atoms with Crippen LogP contribution in [0.15, 0.2) is 16.7 Å². The molecule has 0 aliphatic rings. The number of hydrogen-bond acceptors (Lipinski definition) is 8. The Labute approximate surface area is 154 Å². The highest BCUT2D eigenvalue weighted by Gasteiger charge is 2.21. The fourth-order valence-corrected chi connectivity index (χ4v) is 2.58. The van der Waals surface area contributed by atoms with Gasteiger partial charge in [0.2, 0.25) is 5.82 Å². The number of carbonyl (C=O) groups is 1. The van der Waals surface area contributed by atoms with E-state index in [1.54, 1.807) is 19.9 Å². The van der Waals surface area contributed by atoms with E-state index in [0.29, 0.717) is 33.4 Å². The second kappa shape index (κ2) is 7.17. The summed E-state index contributed by atoms with van der Waals surface area (Å²) in [4.78, 5) is 20.4. The maximum absolute atomic E-state index is 12.0. The van der Waals surface area contributed by atoms with Crippen LogP contribution in [0.4, 0.5) is 11.5 Å². The number of ether oxygens (including phenoxy) is 2. The number of fused-ring (bicyclic) bond motifs is 1. The van der Waals surface area contributed by atoms with Crippen LogP contribution in [0.25, 0.3) is 11.1 Å². The van der Waals surface area contributed by atoms with Crippen molar-refractivity contribution >= 4 is 40.2 Å². The van der Waals surface area contributed by atoms with Crippen LogP contribution in [0.2, 0.25) is 5.02 Å². The van der Waals surface area contributed by atoms with Crippen LogP contribution < -0.4 is 10.1 Å². The average molecular weight is 377 g/mol. The molecule has 0 fully saturated rings. The van der Waals surface area contributed by atoms with Gasteiger partial charge >= 0.3 is 5.97 Å². The summed E-state index contributed by atoms with van der Waals surface area (Å²) in [6.07, 6.45) is 0. The second-order valence-electron chi connectivity index (χ2n) is 5.49. The molecule has 8 nitrogen and oxygen atoms in total. The van der Waals surface area contributed by atoms with E-state index >= 15 is 0 Å². The molecule has 0 aliphatic heterocycles. The zero-order valence-electron chi connectivity index (χ0n) is 14.7. The van der Waals surface area contributed by atoms with Gasteiger partial charge in [0, 0.05) is 11.1 Å². The summed E-state index contributed by atoms with van der Waals surface area (Å²) in [6, 6.07) is 3.52. The Hall–Kier alpha value is -2.87. The lowest BCUT2D eigenvalue weighted by molar-refractivity contribution is 0.0512. The van der Waals surface area contributed by atoms with Crippen molar-refractivity contribution in [3.05, 3.63) is 34.2 Å². The Morgan fingerprint density at radius 2 is 2.08 bits per heavy atom. The van der Waals surface area contributed by atoms with Crippen LogP contribution in [-0.2, 0) is 4.74 Å². The molecule has 136 valence electrons. The van der Waals surface area contributed by atoms with Gasteiger partial charge < -0.3 is 19.3 Å². The van der Waals surface area contributed by atoms with Gasteiger partial charge in [0.15, 0.2) is 0 Å². The second-order valence-corrected chi connectivity index (χ2v) is 5.90. The lowest BCUT2D eigenvalue weighted by Crippen LogP contribution is -2.11. The topological polar surface area (TPSA) is 99.4 Å². The van der Waals surface area contributed by atoms with Crippen LogP contribution in [0, 0.1) is 13.8 Å². The molecule has 0 unspecified atom stereocenters. The summed E-state index contributed by atoms with van der Waals surface area (Å²) in [5, 5.41) is 8.19. The molecule has 2 heterocycles. The molecular formula is C17H17ClN4O4. The number of halogens is 1. The van der Waals surface area contributed by atoms with Crippen LogP contribution in [0.1, 0.15) is 28.8 Å². The molecule has 0 atom stereocenters. The van der Waals surface area contributed by atoms with Gasteiger partial charge in [-0.1, -0.05) is 16.8 Å². The van der Waals surface area contributed by atoms with Gasteiger partial charge in [-0.25, -0.2) is 9.78 Å². The lowest BCUT2D eigenvalue weighted by Gasteiger charge is -2.13. The van der Waals surface area contributed by atoms with E-state index in [4.69, 9.17) is 25.6 Å². The molecule has 0 amide bonds. The van der Waals surface area contributed by atoms with Gasteiger partial charge in [0.25, 0.3) is 5.71 Å². The molecule has 0 spiro atoms. The molecule has 3 aromatic rings. The number of methoxy groups -OCH3 is 1. The summed E-state index contributed by atoms with van der Waals surface area (Å²) in [5.41, 5.74) is 2.26. The molecule has 0 radical (unpaired) electrons. The zero-order valence-corrected chi connectivity index (χ0v) is 15.5. The van der Waals surface area contributed by atoms with Crippen molar-refractivity contribution in [3.63, 3.8) is 0 Å². The largest absolute Gasteiger partial charge is 0.495 e. The number of carbonyl (C=O) groups excluding carboxylic acids is 1. The SMILES string of the molecule is CCOC(=O)c1nc(Nc2cc(C)c(Cl)cc2OC)c2c(C)noc2n1. The van der Waals surface area contributed by atoms with Gasteiger partial charge in [-0.15, -0.1) is 0 Å². The first kappa shape index (κ1) is 17.9. The van der Waals surface area contributed by atoms with Gasteiger partial charge in [0.1, 0.15) is 17.0 Å². The Balaban J connectivity index is 2.13. The molecule has 3 rings (SSSR count). The maximum atomic E-state index is 12.0. The smallest absolute Gasteiger partial charge is 0.376 e. The van der Waals surface area contributed by atoms with Crippen LogP contribution >= 0.6 is 11.6 Å². The first-order valence-corrected chi connectivity index (χ1v) is 8.24. The number of rotatable bonds is 5. The standard InChI is InChI=1S/C17H17ClN4O4/c1-5-25-17(23)15-20-14(13-9(3)22-26-16(13)21-15)19-11-6-8(2)10(18)7-12(11)24-4/h6-7H,5H2,1-4H3,(H,19,20,21). The summed E-state index contributed by atoms with van der Waals surface area (Å²) >= 11 is 6.15. The van der Waals surface area contributed by atoms with Gasteiger partial charge in [-0.2, -0.15) is 4.98 Å². The highest BCUT2D eigenvalue weighted by atomic mass is 35.5. The fourth-order valence-electron chi connectivity index (χ4n) is 2.42. The number of nitrogens with zero attached hydrogens (tertiary/aromatic N) is 3. The molecular weight excluding hydrogens is 360 g/mol. The average Bonchev–Trinajstić information content (AvgIpc) is 2.99. The van der Waals surface area contributed by atoms with Gasteiger partial charge in [0.05, 0.1) is 25.1 Å². The van der Waals surface area contributed by atoms with E-state index in [1.807, 2.05) is 13.0 Å². The Kier molecular flexibility index (Phi) is 4.94. The number of nitrogens with one attached hydrogen (secondary N) is 1. The normalized spacial score (nSPS) is 10.8. The van der Waals surface area contributed by atoms with Crippen molar-refractivity contribution < 1.29 is 18.8 Å². The van der Waals surface area contributed by atoms with Crippen molar-refractivity contribution in [2.45, 2.75) is 20.8 Å².